The van der Waals surface area contributed by atoms with E-state index in [1.165, 1.54) is 10.8 Å². The van der Waals surface area contributed by atoms with E-state index in [9.17, 15) is 14.4 Å². The van der Waals surface area contributed by atoms with Gasteiger partial charge in [0.1, 0.15) is 5.69 Å². The summed E-state index contributed by atoms with van der Waals surface area (Å²) in [6.45, 7) is 0.319. The summed E-state index contributed by atoms with van der Waals surface area (Å²) in [4.78, 5) is 38.7. The summed E-state index contributed by atoms with van der Waals surface area (Å²) in [6, 6.07) is 12.0. The van der Waals surface area contributed by atoms with Gasteiger partial charge in [0, 0.05) is 19.2 Å². The van der Waals surface area contributed by atoms with Crippen molar-refractivity contribution in [2.75, 3.05) is 6.54 Å². The highest BCUT2D eigenvalue weighted by Crippen LogP contribution is 2.17. The molecule has 0 radical (unpaired) electrons. The van der Waals surface area contributed by atoms with Gasteiger partial charge in [-0.1, -0.05) is 12.1 Å². The molecule has 0 aliphatic heterocycles. The number of benzene rings is 1. The van der Waals surface area contributed by atoms with Crippen molar-refractivity contribution in [1.82, 2.24) is 25.1 Å². The van der Waals surface area contributed by atoms with Crippen molar-refractivity contribution >= 4 is 16.9 Å². The van der Waals surface area contributed by atoms with Crippen LogP contribution in [0.4, 0.5) is 0 Å². The predicted molar refractivity (Wildman–Crippen MR) is 97.5 cm³/mol. The van der Waals surface area contributed by atoms with Gasteiger partial charge >= 0.3 is 11.1 Å². The first-order valence-corrected chi connectivity index (χ1v) is 8.23. The lowest BCUT2D eigenvalue weighted by Crippen LogP contribution is -2.39. The molecule has 0 aliphatic carbocycles. The molecule has 136 valence electrons. The highest BCUT2D eigenvalue weighted by atomic mass is 16.3. The summed E-state index contributed by atoms with van der Waals surface area (Å²) in [5.74, 6) is 0.175. The average Bonchev–Trinajstić information content (AvgIpc) is 3.36. The number of amides is 1. The van der Waals surface area contributed by atoms with Crippen LogP contribution in [0, 0.1) is 0 Å². The Morgan fingerprint density at radius 1 is 1.19 bits per heavy atom. The van der Waals surface area contributed by atoms with Crippen LogP contribution >= 0.6 is 0 Å². The molecule has 0 aliphatic rings. The van der Waals surface area contributed by atoms with Gasteiger partial charge in [-0.3, -0.25) is 19.5 Å². The smallest absolute Gasteiger partial charge is 0.316 e. The van der Waals surface area contributed by atoms with Gasteiger partial charge in [-0.2, -0.15) is 5.10 Å². The van der Waals surface area contributed by atoms with E-state index in [-0.39, 0.29) is 18.8 Å². The molecule has 0 unspecified atom stereocenters. The van der Waals surface area contributed by atoms with Gasteiger partial charge in [0.2, 0.25) is 0 Å². The highest BCUT2D eigenvalue weighted by Gasteiger charge is 2.13. The van der Waals surface area contributed by atoms with Gasteiger partial charge in [-0.25, -0.2) is 0 Å². The number of nitrogens with one attached hydrogen (secondary N) is 3. The monoisotopic (exact) mass is 365 g/mol. The molecule has 3 N–H and O–H groups in total. The van der Waals surface area contributed by atoms with E-state index in [0.717, 1.165) is 0 Å². The number of hydrogen-bond donors (Lipinski definition) is 3. The molecule has 0 saturated heterocycles. The molecule has 0 atom stereocenters. The maximum Gasteiger partial charge on any atom is 0.316 e. The summed E-state index contributed by atoms with van der Waals surface area (Å²) in [6.07, 6.45) is 1.53. The number of rotatable bonds is 5. The summed E-state index contributed by atoms with van der Waals surface area (Å²) in [7, 11) is 0. The average molecular weight is 365 g/mol. The lowest BCUT2D eigenvalue weighted by Gasteiger charge is -2.09. The van der Waals surface area contributed by atoms with Gasteiger partial charge in [0.05, 0.1) is 17.3 Å². The highest BCUT2D eigenvalue weighted by molar-refractivity contribution is 5.93. The van der Waals surface area contributed by atoms with Crippen LogP contribution in [-0.4, -0.2) is 32.2 Å². The van der Waals surface area contributed by atoms with Crippen molar-refractivity contribution in [1.29, 1.82) is 0 Å². The number of nitrogens with zero attached hydrogens (tertiary/aromatic N) is 2. The Bertz CT molecular complexity index is 1220. The molecule has 3 heterocycles. The van der Waals surface area contributed by atoms with Crippen LogP contribution < -0.4 is 16.4 Å². The number of carbonyl (C=O) groups excluding carboxylic acids is 1. The molecule has 1 aromatic carbocycles. The Morgan fingerprint density at radius 3 is 2.85 bits per heavy atom. The number of fused-ring (bicyclic) bond motifs is 1. The second-order valence-corrected chi connectivity index (χ2v) is 5.83. The lowest BCUT2D eigenvalue weighted by molar-refractivity contribution is 0.0947. The third kappa shape index (κ3) is 3.17. The Labute approximate surface area is 151 Å². The zero-order valence-corrected chi connectivity index (χ0v) is 14.1. The molecule has 1 amide bonds. The summed E-state index contributed by atoms with van der Waals surface area (Å²) < 4.78 is 6.58. The van der Waals surface area contributed by atoms with Crippen molar-refractivity contribution in [3.8, 4) is 11.5 Å². The molecule has 4 rings (SSSR count). The van der Waals surface area contributed by atoms with Gasteiger partial charge in [-0.15, -0.1) is 0 Å². The largest absolute Gasteiger partial charge is 0.463 e. The van der Waals surface area contributed by atoms with Crippen LogP contribution in [0.3, 0.4) is 0 Å². The SMILES string of the molecule is O=C(NCCn1c(=O)c(=O)[nH]c2ccccc21)c1cc(-c2ccco2)[nH]n1. The Hall–Kier alpha value is -3.88. The van der Waals surface area contributed by atoms with E-state index < -0.39 is 17.0 Å². The topological polar surface area (TPSA) is 126 Å². The molecule has 0 bridgehead atoms. The standard InChI is InChI=1S/C18H15N5O4/c24-16(13-10-12(21-22-13)15-6-3-9-27-15)19-7-8-23-14-5-2-1-4-11(14)20-17(25)18(23)26/h1-6,9-10H,7-8H2,(H,19,24)(H,20,25)(H,21,22). The normalized spacial score (nSPS) is 11.0. The van der Waals surface area contributed by atoms with Gasteiger partial charge < -0.3 is 19.3 Å². The van der Waals surface area contributed by atoms with Crippen molar-refractivity contribution in [2.24, 2.45) is 0 Å². The maximum absolute atomic E-state index is 12.3. The van der Waals surface area contributed by atoms with Gasteiger partial charge in [-0.05, 0) is 24.3 Å². The van der Waals surface area contributed by atoms with E-state index in [0.29, 0.717) is 22.5 Å². The minimum atomic E-state index is -0.699. The number of aromatic nitrogens is 4. The summed E-state index contributed by atoms with van der Waals surface area (Å²) >= 11 is 0. The molecule has 0 fully saturated rings. The summed E-state index contributed by atoms with van der Waals surface area (Å²) in [5.41, 5.74) is 0.574. The van der Waals surface area contributed by atoms with Crippen molar-refractivity contribution in [3.05, 3.63) is 75.1 Å². The zero-order chi connectivity index (χ0) is 18.8. The Morgan fingerprint density at radius 2 is 2.04 bits per heavy atom. The predicted octanol–water partition coefficient (Wildman–Crippen LogP) is 1.10. The van der Waals surface area contributed by atoms with E-state index in [1.54, 1.807) is 42.5 Å². The third-order valence-electron chi connectivity index (χ3n) is 4.10. The molecular weight excluding hydrogens is 350 g/mol. The molecular formula is C18H15N5O4. The molecule has 4 aromatic rings. The molecule has 0 saturated carbocycles. The van der Waals surface area contributed by atoms with Crippen LogP contribution in [0.5, 0.6) is 0 Å². The van der Waals surface area contributed by atoms with Crippen LogP contribution in [0.1, 0.15) is 10.5 Å². The van der Waals surface area contributed by atoms with E-state index in [4.69, 9.17) is 4.42 Å². The molecule has 3 aromatic heterocycles. The number of furan rings is 1. The number of para-hydroxylation sites is 2. The fraction of sp³-hybridized carbons (Fsp3) is 0.111. The van der Waals surface area contributed by atoms with Gasteiger partial charge in [0.15, 0.2) is 11.5 Å². The van der Waals surface area contributed by atoms with Crippen molar-refractivity contribution in [3.63, 3.8) is 0 Å². The minimum absolute atomic E-state index is 0.157. The van der Waals surface area contributed by atoms with Crippen LogP contribution in [0.25, 0.3) is 22.5 Å². The van der Waals surface area contributed by atoms with Crippen LogP contribution in [-0.2, 0) is 6.54 Å². The first-order valence-electron chi connectivity index (χ1n) is 8.23. The maximum atomic E-state index is 12.3. The molecule has 27 heavy (non-hydrogen) atoms. The fourth-order valence-corrected chi connectivity index (χ4v) is 2.81. The Kier molecular flexibility index (Phi) is 4.17. The quantitative estimate of drug-likeness (QED) is 0.457. The van der Waals surface area contributed by atoms with Crippen molar-refractivity contribution in [2.45, 2.75) is 6.54 Å². The fourth-order valence-electron chi connectivity index (χ4n) is 2.81. The van der Waals surface area contributed by atoms with Gasteiger partial charge in [0.25, 0.3) is 5.91 Å². The third-order valence-corrected chi connectivity index (χ3v) is 4.10. The number of H-pyrrole nitrogens is 2. The second kappa shape index (κ2) is 6.79. The molecule has 0 spiro atoms. The number of hydrogen-bond acceptors (Lipinski definition) is 5. The second-order valence-electron chi connectivity index (χ2n) is 5.83. The van der Waals surface area contributed by atoms with Crippen LogP contribution in [0.15, 0.2) is 62.7 Å². The van der Waals surface area contributed by atoms with Crippen LogP contribution in [0.2, 0.25) is 0 Å². The minimum Gasteiger partial charge on any atom is -0.463 e. The zero-order valence-electron chi connectivity index (χ0n) is 14.1. The molecule has 9 nitrogen and oxygen atoms in total. The first kappa shape index (κ1) is 16.6. The van der Waals surface area contributed by atoms with Crippen molar-refractivity contribution < 1.29 is 9.21 Å². The van der Waals surface area contributed by atoms with E-state index >= 15 is 0 Å². The molecule has 9 heteroatoms. The number of aromatic amines is 2. The van der Waals surface area contributed by atoms with E-state index in [2.05, 4.69) is 20.5 Å². The summed E-state index contributed by atoms with van der Waals surface area (Å²) in [5, 5.41) is 9.38. The Balaban J connectivity index is 1.48. The van der Waals surface area contributed by atoms with E-state index in [1.807, 2.05) is 0 Å². The first-order chi connectivity index (χ1) is 13.1. The number of carbonyl (C=O) groups is 1. The lowest BCUT2D eigenvalue weighted by atomic mass is 10.3.